The Labute approximate surface area is 119 Å². The Kier molecular flexibility index (Phi) is 3.97. The number of anilines is 1. The molecule has 4 heteroatoms. The molecule has 0 spiro atoms. The van der Waals surface area contributed by atoms with Crippen LogP contribution in [0.25, 0.3) is 0 Å². The van der Waals surface area contributed by atoms with Gasteiger partial charge < -0.3 is 5.73 Å². The van der Waals surface area contributed by atoms with Gasteiger partial charge in [0.15, 0.2) is 0 Å². The first-order chi connectivity index (χ1) is 8.47. The molecule has 0 bridgehead atoms. The van der Waals surface area contributed by atoms with E-state index in [1.165, 1.54) is 29.0 Å². The van der Waals surface area contributed by atoms with Crippen molar-refractivity contribution in [1.82, 2.24) is 0 Å². The van der Waals surface area contributed by atoms with Crippen LogP contribution in [0.1, 0.15) is 11.1 Å². The van der Waals surface area contributed by atoms with Crippen LogP contribution in [-0.2, 0) is 0 Å². The Balaban J connectivity index is 2.34. The zero-order chi connectivity index (χ0) is 13.3. The molecule has 0 amide bonds. The molecular formula is C14H13BrFNS. The highest BCUT2D eigenvalue weighted by Gasteiger charge is 2.08. The molecule has 0 aliphatic rings. The largest absolute Gasteiger partial charge is 0.398 e. The summed E-state index contributed by atoms with van der Waals surface area (Å²) in [6.07, 6.45) is 0. The molecule has 0 aliphatic carbocycles. The van der Waals surface area contributed by atoms with Gasteiger partial charge in [0, 0.05) is 15.5 Å². The number of halogens is 2. The lowest BCUT2D eigenvalue weighted by Crippen LogP contribution is -1.91. The average Bonchev–Trinajstić information content (AvgIpc) is 2.31. The highest BCUT2D eigenvalue weighted by atomic mass is 79.9. The number of nitrogen functional groups attached to an aromatic ring is 1. The van der Waals surface area contributed by atoms with Crippen molar-refractivity contribution in [1.29, 1.82) is 0 Å². The highest BCUT2D eigenvalue weighted by Crippen LogP contribution is 2.35. The SMILES string of the molecule is Cc1ccc(Sc2cc(F)c(Br)cc2N)cc1C. The molecule has 0 aliphatic heterocycles. The summed E-state index contributed by atoms with van der Waals surface area (Å²) in [5.74, 6) is -0.296. The summed E-state index contributed by atoms with van der Waals surface area (Å²) in [6.45, 7) is 4.13. The first kappa shape index (κ1) is 13.4. The van der Waals surface area contributed by atoms with Crippen molar-refractivity contribution in [3.05, 3.63) is 51.7 Å². The first-order valence-corrected chi connectivity index (χ1v) is 7.08. The predicted octanol–water partition coefficient (Wildman–Crippen LogP) is 4.94. The van der Waals surface area contributed by atoms with Gasteiger partial charge >= 0.3 is 0 Å². The van der Waals surface area contributed by atoms with E-state index in [1.807, 2.05) is 6.07 Å². The molecule has 0 saturated heterocycles. The van der Waals surface area contributed by atoms with E-state index in [0.29, 0.717) is 10.2 Å². The minimum Gasteiger partial charge on any atom is -0.398 e. The number of benzene rings is 2. The standard InChI is InChI=1S/C14H13BrFNS/c1-8-3-4-10(5-9(8)2)18-14-7-12(16)11(15)6-13(14)17/h3-7H,17H2,1-2H3. The second-order valence-corrected chi connectivity index (χ2v) is 6.12. The molecule has 0 aromatic heterocycles. The Morgan fingerprint density at radius 2 is 1.83 bits per heavy atom. The van der Waals surface area contributed by atoms with Crippen molar-refractivity contribution in [3.8, 4) is 0 Å². The van der Waals surface area contributed by atoms with E-state index < -0.39 is 0 Å². The van der Waals surface area contributed by atoms with Crippen LogP contribution >= 0.6 is 27.7 Å². The van der Waals surface area contributed by atoms with E-state index in [2.05, 4.69) is 41.9 Å². The third-order valence-electron chi connectivity index (χ3n) is 2.76. The lowest BCUT2D eigenvalue weighted by Gasteiger charge is -2.08. The Morgan fingerprint density at radius 1 is 1.11 bits per heavy atom. The van der Waals surface area contributed by atoms with E-state index in [4.69, 9.17) is 5.73 Å². The van der Waals surface area contributed by atoms with Gasteiger partial charge in [0.25, 0.3) is 0 Å². The van der Waals surface area contributed by atoms with Crippen molar-refractivity contribution in [3.63, 3.8) is 0 Å². The smallest absolute Gasteiger partial charge is 0.138 e. The molecule has 1 nitrogen and oxygen atoms in total. The van der Waals surface area contributed by atoms with E-state index in [-0.39, 0.29) is 5.82 Å². The normalized spacial score (nSPS) is 10.7. The molecule has 0 unspecified atom stereocenters. The molecule has 18 heavy (non-hydrogen) atoms. The summed E-state index contributed by atoms with van der Waals surface area (Å²) < 4.78 is 13.9. The molecule has 0 atom stereocenters. The number of hydrogen-bond acceptors (Lipinski definition) is 2. The van der Waals surface area contributed by atoms with Crippen LogP contribution in [0.3, 0.4) is 0 Å². The van der Waals surface area contributed by atoms with Crippen molar-refractivity contribution in [2.75, 3.05) is 5.73 Å². The van der Waals surface area contributed by atoms with E-state index in [9.17, 15) is 4.39 Å². The monoisotopic (exact) mass is 325 g/mol. The number of nitrogens with two attached hydrogens (primary N) is 1. The zero-order valence-electron chi connectivity index (χ0n) is 10.1. The van der Waals surface area contributed by atoms with Gasteiger partial charge in [0.2, 0.25) is 0 Å². The van der Waals surface area contributed by atoms with Crippen molar-refractivity contribution >= 4 is 33.4 Å². The molecule has 94 valence electrons. The van der Waals surface area contributed by atoms with Gasteiger partial charge in [-0.05, 0) is 65.2 Å². The van der Waals surface area contributed by atoms with Crippen LogP contribution in [0.2, 0.25) is 0 Å². The fraction of sp³-hybridized carbons (Fsp3) is 0.143. The predicted molar refractivity (Wildman–Crippen MR) is 78.6 cm³/mol. The minimum atomic E-state index is -0.296. The maximum absolute atomic E-state index is 13.5. The summed E-state index contributed by atoms with van der Waals surface area (Å²) in [4.78, 5) is 1.80. The number of hydrogen-bond donors (Lipinski definition) is 1. The number of aryl methyl sites for hydroxylation is 2. The van der Waals surface area contributed by atoms with Gasteiger partial charge in [0.05, 0.1) is 4.47 Å². The van der Waals surface area contributed by atoms with E-state index in [1.54, 1.807) is 6.07 Å². The fourth-order valence-electron chi connectivity index (χ4n) is 1.54. The second-order valence-electron chi connectivity index (χ2n) is 4.15. The summed E-state index contributed by atoms with van der Waals surface area (Å²) in [7, 11) is 0. The molecule has 0 heterocycles. The van der Waals surface area contributed by atoms with Crippen molar-refractivity contribution in [2.24, 2.45) is 0 Å². The molecule has 2 rings (SSSR count). The maximum atomic E-state index is 13.5. The Morgan fingerprint density at radius 3 is 2.50 bits per heavy atom. The minimum absolute atomic E-state index is 0.296. The molecule has 0 fully saturated rings. The van der Waals surface area contributed by atoms with Crippen LogP contribution < -0.4 is 5.73 Å². The molecular weight excluding hydrogens is 313 g/mol. The van der Waals surface area contributed by atoms with Crippen LogP contribution in [0.4, 0.5) is 10.1 Å². The second kappa shape index (κ2) is 5.33. The van der Waals surface area contributed by atoms with Gasteiger partial charge in [0.1, 0.15) is 5.82 Å². The summed E-state index contributed by atoms with van der Waals surface area (Å²) in [6, 6.07) is 9.22. The van der Waals surface area contributed by atoms with Crippen molar-refractivity contribution < 1.29 is 4.39 Å². The maximum Gasteiger partial charge on any atom is 0.138 e. The van der Waals surface area contributed by atoms with Gasteiger partial charge in [-0.2, -0.15) is 0 Å². The molecule has 2 aromatic carbocycles. The highest BCUT2D eigenvalue weighted by molar-refractivity contribution is 9.10. The molecule has 2 N–H and O–H groups in total. The van der Waals surface area contributed by atoms with Crippen LogP contribution in [0, 0.1) is 19.7 Å². The summed E-state index contributed by atoms with van der Waals surface area (Å²) in [5, 5.41) is 0. The van der Waals surface area contributed by atoms with Crippen molar-refractivity contribution in [2.45, 2.75) is 23.6 Å². The van der Waals surface area contributed by atoms with Gasteiger partial charge in [-0.25, -0.2) is 4.39 Å². The third-order valence-corrected chi connectivity index (χ3v) is 4.43. The molecule has 2 aromatic rings. The number of rotatable bonds is 2. The quantitative estimate of drug-likeness (QED) is 0.791. The molecule has 0 saturated carbocycles. The van der Waals surface area contributed by atoms with Gasteiger partial charge in [-0.15, -0.1) is 0 Å². The third kappa shape index (κ3) is 2.87. The topological polar surface area (TPSA) is 26.0 Å². The van der Waals surface area contributed by atoms with E-state index in [0.717, 1.165) is 9.79 Å². The summed E-state index contributed by atoms with van der Waals surface area (Å²) >= 11 is 4.60. The summed E-state index contributed by atoms with van der Waals surface area (Å²) in [5.41, 5.74) is 8.93. The van der Waals surface area contributed by atoms with E-state index >= 15 is 0 Å². The Bertz CT molecular complexity index is 599. The first-order valence-electron chi connectivity index (χ1n) is 5.47. The molecule has 0 radical (unpaired) electrons. The lowest BCUT2D eigenvalue weighted by molar-refractivity contribution is 0.618. The average molecular weight is 326 g/mol. The van der Waals surface area contributed by atoms with Crippen LogP contribution in [-0.4, -0.2) is 0 Å². The van der Waals surface area contributed by atoms with Crippen LogP contribution in [0.15, 0.2) is 44.6 Å². The zero-order valence-corrected chi connectivity index (χ0v) is 12.5. The fourth-order valence-corrected chi connectivity index (χ4v) is 2.86. The van der Waals surface area contributed by atoms with Gasteiger partial charge in [-0.1, -0.05) is 17.8 Å². The lowest BCUT2D eigenvalue weighted by atomic mass is 10.1. The Hall–Kier alpha value is -1.00. The van der Waals surface area contributed by atoms with Crippen LogP contribution in [0.5, 0.6) is 0 Å². The van der Waals surface area contributed by atoms with Gasteiger partial charge in [-0.3, -0.25) is 0 Å².